The maximum absolute atomic E-state index is 10.4. The number of hydrogen-bond donors (Lipinski definition) is 0. The molecule has 15 heavy (non-hydrogen) atoms. The van der Waals surface area contributed by atoms with Gasteiger partial charge in [-0.3, -0.25) is 15.1 Å². The van der Waals surface area contributed by atoms with Crippen LogP contribution in [0.2, 0.25) is 0 Å². The third-order valence-electron chi connectivity index (χ3n) is 1.80. The van der Waals surface area contributed by atoms with Crippen LogP contribution in [0.25, 0.3) is 10.9 Å². The van der Waals surface area contributed by atoms with Gasteiger partial charge in [-0.15, -0.1) is 24.8 Å². The molecule has 0 bridgehead atoms. The van der Waals surface area contributed by atoms with Gasteiger partial charge in [0.15, 0.2) is 0 Å². The molecule has 1 aromatic carbocycles. The van der Waals surface area contributed by atoms with Crippen LogP contribution in [0.3, 0.4) is 0 Å². The zero-order valence-corrected chi connectivity index (χ0v) is 9.12. The molecule has 0 spiro atoms. The van der Waals surface area contributed by atoms with E-state index >= 15 is 0 Å². The summed E-state index contributed by atoms with van der Waals surface area (Å²) in [7, 11) is 0. The summed E-state index contributed by atoms with van der Waals surface area (Å²) in [5.41, 5.74) is 0.869. The van der Waals surface area contributed by atoms with Gasteiger partial charge in [-0.2, -0.15) is 0 Å². The molecule has 0 aliphatic heterocycles. The number of benzene rings is 1. The second kappa shape index (κ2) is 5.48. The number of nitrogens with zero attached hydrogens (tertiary/aromatic N) is 2. The predicted molar refractivity (Wildman–Crippen MR) is 62.9 cm³/mol. The Kier molecular flexibility index (Phi) is 4.97. The number of aromatic nitrogens is 1. The lowest BCUT2D eigenvalue weighted by Crippen LogP contribution is -1.87. The second-order valence-corrected chi connectivity index (χ2v) is 2.64. The van der Waals surface area contributed by atoms with Gasteiger partial charge in [0.2, 0.25) is 0 Å². The van der Waals surface area contributed by atoms with Crippen molar-refractivity contribution >= 4 is 41.4 Å². The highest BCUT2D eigenvalue weighted by atomic mass is 35.5. The monoisotopic (exact) mass is 246 g/mol. The summed E-state index contributed by atoms with van der Waals surface area (Å²) < 4.78 is 0. The predicted octanol–water partition coefficient (Wildman–Crippen LogP) is 2.99. The average molecular weight is 247 g/mol. The fourth-order valence-electron chi connectivity index (χ4n) is 1.18. The zero-order valence-electron chi connectivity index (χ0n) is 7.49. The highest BCUT2D eigenvalue weighted by Crippen LogP contribution is 2.18. The number of pyridine rings is 1. The first kappa shape index (κ1) is 13.6. The summed E-state index contributed by atoms with van der Waals surface area (Å²) in [6.07, 6.45) is 1.66. The lowest BCUT2D eigenvalue weighted by Gasteiger charge is -1.95. The molecule has 0 radical (unpaired) electrons. The quantitative estimate of drug-likeness (QED) is 0.574. The van der Waals surface area contributed by atoms with Gasteiger partial charge in [-0.1, -0.05) is 6.07 Å². The standard InChI is InChI=1S/C9H6N2O2.2ClH/c12-11(13)8-3-4-9-7(6-8)2-1-5-10-9;;/h1-6H;2*1H. The van der Waals surface area contributed by atoms with E-state index in [0.717, 1.165) is 10.9 Å². The third-order valence-corrected chi connectivity index (χ3v) is 1.80. The largest absolute Gasteiger partial charge is 0.270 e. The Labute approximate surface area is 98.3 Å². The topological polar surface area (TPSA) is 56.0 Å². The Morgan fingerprint density at radius 3 is 2.60 bits per heavy atom. The number of nitro groups is 1. The Balaban J connectivity index is 0.000000980. The van der Waals surface area contributed by atoms with E-state index in [9.17, 15) is 10.1 Å². The van der Waals surface area contributed by atoms with Crippen molar-refractivity contribution in [2.75, 3.05) is 0 Å². The Morgan fingerprint density at radius 2 is 1.93 bits per heavy atom. The van der Waals surface area contributed by atoms with E-state index in [1.807, 2.05) is 0 Å². The molecule has 0 amide bonds. The molecule has 0 N–H and O–H groups in total. The van der Waals surface area contributed by atoms with Gasteiger partial charge in [-0.05, 0) is 12.1 Å². The van der Waals surface area contributed by atoms with Gasteiger partial charge in [0.05, 0.1) is 10.4 Å². The first-order valence-electron chi connectivity index (χ1n) is 3.76. The maximum Gasteiger partial charge on any atom is 0.270 e. The fraction of sp³-hybridized carbons (Fsp3) is 0. The van der Waals surface area contributed by atoms with Crippen molar-refractivity contribution < 1.29 is 4.92 Å². The molecule has 0 fully saturated rings. The smallest absolute Gasteiger partial charge is 0.258 e. The van der Waals surface area contributed by atoms with Crippen LogP contribution in [0.1, 0.15) is 0 Å². The Hall–Kier alpha value is -1.39. The minimum absolute atomic E-state index is 0. The molecule has 2 aromatic rings. The van der Waals surface area contributed by atoms with E-state index in [0.29, 0.717) is 0 Å². The minimum Gasteiger partial charge on any atom is -0.258 e. The van der Waals surface area contributed by atoms with Crippen molar-refractivity contribution in [3.05, 3.63) is 46.6 Å². The van der Waals surface area contributed by atoms with Crippen molar-refractivity contribution in [2.24, 2.45) is 0 Å². The van der Waals surface area contributed by atoms with E-state index in [4.69, 9.17) is 0 Å². The highest BCUT2D eigenvalue weighted by molar-refractivity contribution is 5.85. The zero-order chi connectivity index (χ0) is 9.26. The summed E-state index contributed by atoms with van der Waals surface area (Å²) in [6.45, 7) is 0. The van der Waals surface area contributed by atoms with E-state index in [1.165, 1.54) is 12.1 Å². The molecule has 2 rings (SSSR count). The van der Waals surface area contributed by atoms with Crippen LogP contribution in [0.5, 0.6) is 0 Å². The van der Waals surface area contributed by atoms with Crippen molar-refractivity contribution in [1.82, 2.24) is 4.98 Å². The van der Waals surface area contributed by atoms with E-state index < -0.39 is 4.92 Å². The first-order valence-corrected chi connectivity index (χ1v) is 3.76. The van der Waals surface area contributed by atoms with E-state index in [2.05, 4.69) is 4.98 Å². The van der Waals surface area contributed by atoms with Crippen molar-refractivity contribution in [1.29, 1.82) is 0 Å². The number of halogens is 2. The van der Waals surface area contributed by atoms with Gasteiger partial charge in [0.1, 0.15) is 0 Å². The molecule has 0 aliphatic carbocycles. The van der Waals surface area contributed by atoms with Crippen LogP contribution < -0.4 is 0 Å². The molecule has 1 heterocycles. The lowest BCUT2D eigenvalue weighted by molar-refractivity contribution is -0.384. The Bertz CT molecular complexity index is 476. The summed E-state index contributed by atoms with van der Waals surface area (Å²) in [5, 5.41) is 11.2. The fourth-order valence-corrected chi connectivity index (χ4v) is 1.18. The van der Waals surface area contributed by atoms with Gasteiger partial charge in [0.25, 0.3) is 5.69 Å². The van der Waals surface area contributed by atoms with Crippen LogP contribution in [0, 0.1) is 10.1 Å². The number of non-ortho nitro benzene ring substituents is 1. The molecule has 0 unspecified atom stereocenters. The van der Waals surface area contributed by atoms with Crippen molar-refractivity contribution in [3.8, 4) is 0 Å². The summed E-state index contributed by atoms with van der Waals surface area (Å²) in [6, 6.07) is 8.17. The van der Waals surface area contributed by atoms with Crippen LogP contribution in [0.4, 0.5) is 5.69 Å². The molecule has 4 nitrogen and oxygen atoms in total. The first-order chi connectivity index (χ1) is 6.27. The van der Waals surface area contributed by atoms with Gasteiger partial charge < -0.3 is 0 Å². The molecule has 1 aromatic heterocycles. The molecule has 0 saturated carbocycles. The second-order valence-electron chi connectivity index (χ2n) is 2.64. The number of fused-ring (bicyclic) bond motifs is 1. The molecular formula is C9H8Cl2N2O2. The molecule has 0 aliphatic rings. The lowest BCUT2D eigenvalue weighted by atomic mass is 10.2. The SMILES string of the molecule is Cl.Cl.O=[N+]([O-])c1ccc2ncccc2c1. The molecule has 0 saturated heterocycles. The van der Waals surface area contributed by atoms with Gasteiger partial charge in [-0.25, -0.2) is 0 Å². The molecule has 0 atom stereocenters. The summed E-state index contributed by atoms with van der Waals surface area (Å²) >= 11 is 0. The highest BCUT2D eigenvalue weighted by Gasteiger charge is 2.04. The molecule has 80 valence electrons. The number of hydrogen-bond acceptors (Lipinski definition) is 3. The molecular weight excluding hydrogens is 239 g/mol. The molecule has 6 heteroatoms. The average Bonchev–Trinajstić information content (AvgIpc) is 2.17. The van der Waals surface area contributed by atoms with Crippen LogP contribution >= 0.6 is 24.8 Å². The van der Waals surface area contributed by atoms with E-state index in [1.54, 1.807) is 24.4 Å². The van der Waals surface area contributed by atoms with Crippen LogP contribution in [-0.4, -0.2) is 9.91 Å². The van der Waals surface area contributed by atoms with Gasteiger partial charge >= 0.3 is 0 Å². The van der Waals surface area contributed by atoms with E-state index in [-0.39, 0.29) is 30.5 Å². The maximum atomic E-state index is 10.4. The minimum atomic E-state index is -0.410. The third kappa shape index (κ3) is 2.78. The van der Waals surface area contributed by atoms with Crippen LogP contribution in [-0.2, 0) is 0 Å². The van der Waals surface area contributed by atoms with Gasteiger partial charge in [0, 0.05) is 23.7 Å². The van der Waals surface area contributed by atoms with Crippen molar-refractivity contribution in [2.45, 2.75) is 0 Å². The summed E-state index contributed by atoms with van der Waals surface area (Å²) in [5.74, 6) is 0. The number of nitro benzene ring substituents is 1. The Morgan fingerprint density at radius 1 is 1.20 bits per heavy atom. The van der Waals surface area contributed by atoms with Crippen LogP contribution in [0.15, 0.2) is 36.5 Å². The van der Waals surface area contributed by atoms with Crippen molar-refractivity contribution in [3.63, 3.8) is 0 Å². The number of rotatable bonds is 1. The summed E-state index contributed by atoms with van der Waals surface area (Å²) in [4.78, 5) is 14.1. The normalized spacial score (nSPS) is 8.80.